The highest BCUT2D eigenvalue weighted by molar-refractivity contribution is 5.80. The van der Waals surface area contributed by atoms with Gasteiger partial charge in [-0.25, -0.2) is 9.48 Å². The predicted octanol–water partition coefficient (Wildman–Crippen LogP) is 4.84. The highest BCUT2D eigenvalue weighted by Crippen LogP contribution is 2.28. The maximum absolute atomic E-state index is 12.0. The van der Waals surface area contributed by atoms with Crippen molar-refractivity contribution in [1.82, 2.24) is 15.1 Å². The third-order valence-electron chi connectivity index (χ3n) is 6.23. The van der Waals surface area contributed by atoms with Crippen molar-refractivity contribution in [2.24, 2.45) is 0 Å². The number of nitrogens with one attached hydrogen (secondary N) is 1. The van der Waals surface area contributed by atoms with Gasteiger partial charge in [0.05, 0.1) is 31.5 Å². The summed E-state index contributed by atoms with van der Waals surface area (Å²) in [4.78, 5) is 12.0. The van der Waals surface area contributed by atoms with Crippen molar-refractivity contribution in [3.8, 4) is 5.75 Å². The van der Waals surface area contributed by atoms with Gasteiger partial charge in [0.2, 0.25) is 0 Å². The Balaban J connectivity index is 1.02. The number of ether oxygens (including phenoxy) is 4. The number of rotatable bonds is 9. The lowest BCUT2D eigenvalue weighted by molar-refractivity contribution is -0.0366. The van der Waals surface area contributed by atoms with Gasteiger partial charge in [0.25, 0.3) is 0 Å². The van der Waals surface area contributed by atoms with E-state index < -0.39 is 6.09 Å². The van der Waals surface area contributed by atoms with Gasteiger partial charge in [0, 0.05) is 18.5 Å². The van der Waals surface area contributed by atoms with Crippen LogP contribution in [0.4, 0.5) is 4.79 Å². The van der Waals surface area contributed by atoms with Crippen molar-refractivity contribution in [1.29, 1.82) is 0 Å². The Bertz CT molecular complexity index is 1180. The van der Waals surface area contributed by atoms with Gasteiger partial charge < -0.3 is 24.3 Å². The monoisotopic (exact) mass is 477 g/mol. The van der Waals surface area contributed by atoms with E-state index in [9.17, 15) is 4.79 Å². The Kier molecular flexibility index (Phi) is 7.60. The molecule has 8 heteroatoms. The molecule has 1 aromatic heterocycles. The van der Waals surface area contributed by atoms with Gasteiger partial charge in [-0.2, -0.15) is 5.10 Å². The van der Waals surface area contributed by atoms with Crippen LogP contribution in [0.5, 0.6) is 5.75 Å². The zero-order valence-electron chi connectivity index (χ0n) is 19.8. The van der Waals surface area contributed by atoms with E-state index in [4.69, 9.17) is 18.9 Å². The third-order valence-corrected chi connectivity index (χ3v) is 6.23. The van der Waals surface area contributed by atoms with Gasteiger partial charge in [0.1, 0.15) is 12.4 Å². The SMILES string of the molecule is O=C(NCCCOc1ccc2c(cnn2C2CCCCO2)c1)OCc1cccc(C2=CCOC2)c1. The molecule has 2 aliphatic rings. The molecule has 184 valence electrons. The van der Waals surface area contributed by atoms with Crippen LogP contribution < -0.4 is 10.1 Å². The fourth-order valence-corrected chi connectivity index (χ4v) is 4.37. The second-order valence-corrected chi connectivity index (χ2v) is 8.78. The maximum atomic E-state index is 12.0. The molecule has 1 fully saturated rings. The third kappa shape index (κ3) is 6.01. The van der Waals surface area contributed by atoms with Crippen molar-refractivity contribution in [2.75, 3.05) is 33.0 Å². The highest BCUT2D eigenvalue weighted by atomic mass is 16.5. The molecule has 5 rings (SSSR count). The van der Waals surface area contributed by atoms with Gasteiger partial charge in [-0.1, -0.05) is 24.3 Å². The average Bonchev–Trinajstić information content (AvgIpc) is 3.58. The molecule has 35 heavy (non-hydrogen) atoms. The minimum atomic E-state index is -0.433. The molecule has 0 spiro atoms. The summed E-state index contributed by atoms with van der Waals surface area (Å²) >= 11 is 0. The normalized spacial score (nSPS) is 17.8. The quantitative estimate of drug-likeness (QED) is 0.444. The molecule has 0 bridgehead atoms. The van der Waals surface area contributed by atoms with E-state index in [0.29, 0.717) is 32.8 Å². The van der Waals surface area contributed by atoms with E-state index in [1.807, 2.05) is 53.3 Å². The number of amides is 1. The van der Waals surface area contributed by atoms with Crippen LogP contribution in [-0.2, 0) is 20.8 Å². The molecule has 2 aromatic carbocycles. The number of alkyl carbamates (subject to hydrolysis) is 1. The summed E-state index contributed by atoms with van der Waals surface area (Å²) < 4.78 is 24.4. The molecule has 1 saturated heterocycles. The molecular formula is C27H31N3O5. The Morgan fingerprint density at radius 1 is 1.20 bits per heavy atom. The minimum absolute atomic E-state index is 0.0158. The summed E-state index contributed by atoms with van der Waals surface area (Å²) in [7, 11) is 0. The van der Waals surface area contributed by atoms with Crippen molar-refractivity contribution in [3.63, 3.8) is 0 Å². The van der Waals surface area contributed by atoms with Gasteiger partial charge in [-0.05, 0) is 66.6 Å². The largest absolute Gasteiger partial charge is 0.494 e. The first-order valence-electron chi connectivity index (χ1n) is 12.2. The number of hydrogen-bond donors (Lipinski definition) is 1. The fraction of sp³-hybridized carbons (Fsp3) is 0.407. The van der Waals surface area contributed by atoms with Gasteiger partial charge in [0.15, 0.2) is 6.23 Å². The number of carbonyl (C=O) groups excluding carboxylic acids is 1. The lowest BCUT2D eigenvalue weighted by atomic mass is 10.0. The Labute approximate surface area is 204 Å². The molecule has 1 amide bonds. The zero-order chi connectivity index (χ0) is 23.9. The molecule has 0 radical (unpaired) electrons. The summed E-state index contributed by atoms with van der Waals surface area (Å²) in [6, 6.07) is 14.0. The van der Waals surface area contributed by atoms with E-state index in [-0.39, 0.29) is 12.8 Å². The molecule has 0 aliphatic carbocycles. The fourth-order valence-electron chi connectivity index (χ4n) is 4.37. The molecule has 8 nitrogen and oxygen atoms in total. The van der Waals surface area contributed by atoms with Gasteiger partial charge >= 0.3 is 6.09 Å². The summed E-state index contributed by atoms with van der Waals surface area (Å²) in [5, 5.41) is 8.33. The number of carbonyl (C=O) groups is 1. The lowest BCUT2D eigenvalue weighted by Gasteiger charge is -2.23. The number of benzene rings is 2. The van der Waals surface area contributed by atoms with Crippen LogP contribution in [0.2, 0.25) is 0 Å². The molecule has 3 aromatic rings. The molecule has 2 aliphatic heterocycles. The number of aromatic nitrogens is 2. The van der Waals surface area contributed by atoms with E-state index in [0.717, 1.165) is 53.6 Å². The van der Waals surface area contributed by atoms with E-state index >= 15 is 0 Å². The first-order chi connectivity index (χ1) is 17.3. The lowest BCUT2D eigenvalue weighted by Crippen LogP contribution is -2.26. The van der Waals surface area contributed by atoms with Crippen molar-refractivity contribution < 1.29 is 23.7 Å². The van der Waals surface area contributed by atoms with Crippen LogP contribution in [0.1, 0.15) is 43.0 Å². The highest BCUT2D eigenvalue weighted by Gasteiger charge is 2.18. The number of fused-ring (bicyclic) bond motifs is 1. The molecule has 1 N–H and O–H groups in total. The second-order valence-electron chi connectivity index (χ2n) is 8.78. The maximum Gasteiger partial charge on any atom is 0.407 e. The molecule has 3 heterocycles. The summed E-state index contributed by atoms with van der Waals surface area (Å²) in [5.41, 5.74) is 4.27. The van der Waals surface area contributed by atoms with Crippen LogP contribution in [0.25, 0.3) is 16.5 Å². The van der Waals surface area contributed by atoms with Crippen LogP contribution in [0.3, 0.4) is 0 Å². The zero-order valence-corrected chi connectivity index (χ0v) is 19.8. The Morgan fingerprint density at radius 2 is 2.17 bits per heavy atom. The first kappa shape index (κ1) is 23.4. The van der Waals surface area contributed by atoms with Crippen molar-refractivity contribution in [3.05, 3.63) is 65.9 Å². The Hall–Kier alpha value is -3.36. The van der Waals surface area contributed by atoms with E-state index in [1.54, 1.807) is 0 Å². The summed E-state index contributed by atoms with van der Waals surface area (Å²) in [6.07, 6.45) is 7.45. The van der Waals surface area contributed by atoms with Crippen LogP contribution in [0.15, 0.2) is 54.7 Å². The summed E-state index contributed by atoms with van der Waals surface area (Å²) in [6.45, 7) is 3.25. The van der Waals surface area contributed by atoms with Gasteiger partial charge in [-0.3, -0.25) is 0 Å². The minimum Gasteiger partial charge on any atom is -0.494 e. The van der Waals surface area contributed by atoms with Gasteiger partial charge in [-0.15, -0.1) is 0 Å². The molecule has 0 saturated carbocycles. The van der Waals surface area contributed by atoms with E-state index in [1.165, 1.54) is 5.57 Å². The first-order valence-corrected chi connectivity index (χ1v) is 12.2. The number of nitrogens with zero attached hydrogens (tertiary/aromatic N) is 2. The summed E-state index contributed by atoms with van der Waals surface area (Å²) in [5.74, 6) is 0.784. The van der Waals surface area contributed by atoms with Crippen LogP contribution >= 0.6 is 0 Å². The average molecular weight is 478 g/mol. The second kappa shape index (κ2) is 11.4. The molecule has 1 atom stereocenters. The van der Waals surface area contributed by atoms with Crippen molar-refractivity contribution >= 4 is 22.6 Å². The molecular weight excluding hydrogens is 446 g/mol. The van der Waals surface area contributed by atoms with Crippen molar-refractivity contribution in [2.45, 2.75) is 38.5 Å². The Morgan fingerprint density at radius 3 is 3.03 bits per heavy atom. The smallest absolute Gasteiger partial charge is 0.407 e. The van der Waals surface area contributed by atoms with Crippen LogP contribution in [0, 0.1) is 0 Å². The number of hydrogen-bond acceptors (Lipinski definition) is 6. The standard InChI is InChI=1S/C27H31N3O5/c31-27(35-18-20-5-3-6-21(15-20)22-10-14-32-19-22)28-11-4-13-33-24-8-9-25-23(16-24)17-29-30(25)26-7-1-2-12-34-26/h3,5-6,8-10,15-17,26H,1-2,4,7,11-14,18-19H2,(H,28,31). The van der Waals surface area contributed by atoms with Crippen LogP contribution in [-0.4, -0.2) is 48.8 Å². The molecule has 1 unspecified atom stereocenters. The topological polar surface area (TPSA) is 83.8 Å². The predicted molar refractivity (Wildman–Crippen MR) is 132 cm³/mol. The van der Waals surface area contributed by atoms with E-state index in [2.05, 4.69) is 16.5 Å².